The maximum absolute atomic E-state index is 14.2. The molecule has 4 aromatic rings. The van der Waals surface area contributed by atoms with Crippen molar-refractivity contribution in [3.05, 3.63) is 129 Å². The fraction of sp³-hybridized carbons (Fsp3) is 0.216. The topological polar surface area (TPSA) is 79.0 Å². The molecule has 45 heavy (non-hydrogen) atoms. The number of nitrogens with one attached hydrogen (secondary N) is 1. The van der Waals surface area contributed by atoms with E-state index in [4.69, 9.17) is 4.74 Å². The highest BCUT2D eigenvalue weighted by Gasteiger charge is 2.40. The van der Waals surface area contributed by atoms with Gasteiger partial charge in [-0.15, -0.1) is 0 Å². The van der Waals surface area contributed by atoms with Crippen molar-refractivity contribution >= 4 is 51.2 Å². The van der Waals surface area contributed by atoms with Gasteiger partial charge < -0.3 is 9.64 Å². The number of amides is 4. The molecule has 3 aliphatic heterocycles. The number of halogens is 1. The number of rotatable bonds is 6. The molecule has 4 aromatic carbocycles. The summed E-state index contributed by atoms with van der Waals surface area (Å²) in [6.45, 7) is 4.15. The van der Waals surface area contributed by atoms with Gasteiger partial charge in [0.05, 0.1) is 12.3 Å². The number of imide groups is 2. The third-order valence-electron chi connectivity index (χ3n) is 8.93. The van der Waals surface area contributed by atoms with Gasteiger partial charge in [0.1, 0.15) is 11.3 Å². The van der Waals surface area contributed by atoms with Crippen LogP contribution < -0.4 is 19.9 Å². The fourth-order valence-corrected chi connectivity index (χ4v) is 7.31. The smallest absolute Gasteiger partial charge is 0.335 e. The number of carbonyl (C=O) groups is 3. The molecule has 1 fully saturated rings. The Balaban J connectivity index is 1.39. The summed E-state index contributed by atoms with van der Waals surface area (Å²) in [7, 11) is 0. The highest BCUT2D eigenvalue weighted by Crippen LogP contribution is 2.50. The molecule has 1 saturated heterocycles. The number of anilines is 2. The van der Waals surface area contributed by atoms with Gasteiger partial charge in [-0.05, 0) is 78.4 Å². The van der Waals surface area contributed by atoms with Crippen LogP contribution in [0, 0.1) is 0 Å². The number of ether oxygens (including phenoxy) is 1. The molecule has 7 rings (SSSR count). The molecule has 3 heterocycles. The zero-order valence-corrected chi connectivity index (χ0v) is 26.4. The fourth-order valence-electron chi connectivity index (χ4n) is 6.94. The van der Waals surface area contributed by atoms with Crippen molar-refractivity contribution in [1.82, 2.24) is 5.32 Å². The van der Waals surface area contributed by atoms with E-state index in [1.165, 1.54) is 22.9 Å². The summed E-state index contributed by atoms with van der Waals surface area (Å²) in [5, 5.41) is 2.42. The van der Waals surface area contributed by atoms with Gasteiger partial charge in [-0.3, -0.25) is 14.9 Å². The van der Waals surface area contributed by atoms with Gasteiger partial charge in [-0.1, -0.05) is 76.6 Å². The standard InChI is InChI=1S/C37H32BrN3O4/c1-2-45-33-14-13-26(38)19-25(33)20-32-35(42)39-37(44)41(36(32)43)27-21-30-28(23-9-5-3-6-10-23)15-17-40-18-16-29(31(22-27)34(30)40)24-11-7-4-8-12-24/h3-14,19-22,28-29H,2,15-18H2,1H3,(H,39,42,44)/b32-20+/t28-,29+. The number of barbiturate groups is 1. The number of benzene rings is 4. The van der Waals surface area contributed by atoms with Crippen LogP contribution in [0.15, 0.2) is 101 Å². The monoisotopic (exact) mass is 661 g/mol. The lowest BCUT2D eigenvalue weighted by Crippen LogP contribution is -2.54. The summed E-state index contributed by atoms with van der Waals surface area (Å²) in [4.78, 5) is 44.3. The highest BCUT2D eigenvalue weighted by atomic mass is 79.9. The number of nitrogens with zero attached hydrogens (tertiary/aromatic N) is 2. The normalized spacial score (nSPS) is 20.2. The molecule has 8 heteroatoms. The summed E-state index contributed by atoms with van der Waals surface area (Å²) in [5.74, 6) is -0.680. The van der Waals surface area contributed by atoms with E-state index < -0.39 is 17.8 Å². The van der Waals surface area contributed by atoms with Crippen molar-refractivity contribution in [1.29, 1.82) is 0 Å². The Morgan fingerprint density at radius 2 is 1.44 bits per heavy atom. The van der Waals surface area contributed by atoms with Crippen molar-refractivity contribution < 1.29 is 19.1 Å². The van der Waals surface area contributed by atoms with Crippen LogP contribution in [-0.2, 0) is 9.59 Å². The lowest BCUT2D eigenvalue weighted by atomic mass is 9.76. The molecule has 1 N–H and O–H groups in total. The van der Waals surface area contributed by atoms with Crippen molar-refractivity contribution in [2.24, 2.45) is 0 Å². The van der Waals surface area contributed by atoms with Crippen molar-refractivity contribution in [2.75, 3.05) is 29.5 Å². The van der Waals surface area contributed by atoms with Crippen LogP contribution in [0.2, 0.25) is 0 Å². The van der Waals surface area contributed by atoms with E-state index in [0.29, 0.717) is 23.6 Å². The minimum Gasteiger partial charge on any atom is -0.493 e. The van der Waals surface area contributed by atoms with Gasteiger partial charge in [-0.25, -0.2) is 9.69 Å². The van der Waals surface area contributed by atoms with E-state index in [-0.39, 0.29) is 17.4 Å². The lowest BCUT2D eigenvalue weighted by molar-refractivity contribution is -0.122. The number of urea groups is 1. The van der Waals surface area contributed by atoms with Crippen LogP contribution in [0.5, 0.6) is 5.75 Å². The molecule has 0 aromatic heterocycles. The summed E-state index contributed by atoms with van der Waals surface area (Å²) in [6.07, 6.45) is 3.34. The molecule has 0 unspecified atom stereocenters. The predicted molar refractivity (Wildman–Crippen MR) is 179 cm³/mol. The Morgan fingerprint density at radius 3 is 2.02 bits per heavy atom. The van der Waals surface area contributed by atoms with E-state index >= 15 is 0 Å². The SMILES string of the molecule is CCOc1ccc(Br)cc1/C=C1\C(=O)NC(=O)N(c2cc3c4c(c2)[C@H](c2ccccc2)CCN4CC[C@@H]3c2ccccc2)C1=O. The van der Waals surface area contributed by atoms with Gasteiger partial charge in [-0.2, -0.15) is 0 Å². The Morgan fingerprint density at radius 1 is 0.844 bits per heavy atom. The molecule has 0 radical (unpaired) electrons. The summed E-state index contributed by atoms with van der Waals surface area (Å²) in [5.41, 5.74) is 6.64. The van der Waals surface area contributed by atoms with Crippen molar-refractivity contribution in [3.63, 3.8) is 0 Å². The molecule has 3 aliphatic rings. The number of hydrogen-bond acceptors (Lipinski definition) is 5. The molecule has 0 bridgehead atoms. The van der Waals surface area contributed by atoms with E-state index in [2.05, 4.69) is 50.4 Å². The van der Waals surface area contributed by atoms with Gasteiger partial charge in [0, 0.05) is 40.6 Å². The average molecular weight is 663 g/mol. The van der Waals surface area contributed by atoms with E-state index in [0.717, 1.165) is 46.4 Å². The van der Waals surface area contributed by atoms with Crippen LogP contribution in [0.1, 0.15) is 59.4 Å². The largest absolute Gasteiger partial charge is 0.493 e. The molecular formula is C37H32BrN3O4. The second-order valence-corrected chi connectivity index (χ2v) is 12.5. The molecule has 226 valence electrons. The maximum Gasteiger partial charge on any atom is 0.335 e. The lowest BCUT2D eigenvalue weighted by Gasteiger charge is -2.44. The third-order valence-corrected chi connectivity index (χ3v) is 9.42. The zero-order chi connectivity index (χ0) is 31.1. The van der Waals surface area contributed by atoms with Crippen LogP contribution in [0.3, 0.4) is 0 Å². The minimum atomic E-state index is -0.760. The van der Waals surface area contributed by atoms with Crippen LogP contribution in [-0.4, -0.2) is 37.5 Å². The second kappa shape index (κ2) is 12.0. The maximum atomic E-state index is 14.2. The molecular weight excluding hydrogens is 630 g/mol. The third kappa shape index (κ3) is 5.33. The van der Waals surface area contributed by atoms with E-state index in [1.54, 1.807) is 12.1 Å². The summed E-state index contributed by atoms with van der Waals surface area (Å²) >= 11 is 3.47. The Kier molecular flexibility index (Phi) is 7.75. The first-order chi connectivity index (χ1) is 21.9. The van der Waals surface area contributed by atoms with E-state index in [9.17, 15) is 14.4 Å². The first kappa shape index (κ1) is 29.0. The van der Waals surface area contributed by atoms with Gasteiger partial charge in [0.25, 0.3) is 11.8 Å². The molecule has 7 nitrogen and oxygen atoms in total. The van der Waals surface area contributed by atoms with Gasteiger partial charge in [0.15, 0.2) is 0 Å². The Hall–Kier alpha value is -4.69. The molecule has 2 atom stereocenters. The minimum absolute atomic E-state index is 0.0979. The Labute approximate surface area is 270 Å². The van der Waals surface area contributed by atoms with Crippen LogP contribution >= 0.6 is 15.9 Å². The van der Waals surface area contributed by atoms with Crippen LogP contribution in [0.25, 0.3) is 6.08 Å². The summed E-state index contributed by atoms with van der Waals surface area (Å²) < 4.78 is 6.53. The van der Waals surface area contributed by atoms with Crippen LogP contribution in [0.4, 0.5) is 16.2 Å². The predicted octanol–water partition coefficient (Wildman–Crippen LogP) is 7.39. The molecule has 0 saturated carbocycles. The zero-order valence-electron chi connectivity index (χ0n) is 24.8. The van der Waals surface area contributed by atoms with Crippen molar-refractivity contribution in [2.45, 2.75) is 31.6 Å². The Bertz CT molecular complexity index is 1770. The van der Waals surface area contributed by atoms with Gasteiger partial charge >= 0.3 is 6.03 Å². The first-order valence-electron chi connectivity index (χ1n) is 15.3. The second-order valence-electron chi connectivity index (χ2n) is 11.5. The molecule has 4 amide bonds. The highest BCUT2D eigenvalue weighted by molar-refractivity contribution is 9.10. The summed E-state index contributed by atoms with van der Waals surface area (Å²) in [6, 6.07) is 29.4. The van der Waals surface area contributed by atoms with Gasteiger partial charge in [0.2, 0.25) is 0 Å². The molecule has 0 aliphatic carbocycles. The van der Waals surface area contributed by atoms with E-state index in [1.807, 2.05) is 61.5 Å². The quantitative estimate of drug-likeness (QED) is 0.172. The average Bonchev–Trinajstić information content (AvgIpc) is 3.05. The number of carbonyl (C=O) groups excluding carboxylic acids is 3. The first-order valence-corrected chi connectivity index (χ1v) is 16.1. The van der Waals surface area contributed by atoms with Crippen molar-refractivity contribution in [3.8, 4) is 5.75 Å². The molecule has 0 spiro atoms. The number of hydrogen-bond donors (Lipinski definition) is 1.